The van der Waals surface area contributed by atoms with Crippen LogP contribution in [0.15, 0.2) is 109 Å². The molecule has 0 atom stereocenters. The summed E-state index contributed by atoms with van der Waals surface area (Å²) >= 11 is 0. The van der Waals surface area contributed by atoms with Crippen LogP contribution in [0.5, 0.6) is 11.5 Å². The SMILES string of the molecule is [Pt+2].[c-]1c(Oc2[c-]c(-c3cn(Cc4ccccc4)nn3)ccc2)cccc1-c1cn(Cc2ccccc2)nn1. The smallest absolute Gasteiger partial charge is 0.497 e. The van der Waals surface area contributed by atoms with Crippen LogP contribution in [0.25, 0.3) is 22.5 Å². The Bertz CT molecular complexity index is 1490. The molecule has 0 saturated carbocycles. The summed E-state index contributed by atoms with van der Waals surface area (Å²) in [5.74, 6) is 1.13. The number of hydrogen-bond donors (Lipinski definition) is 0. The number of nitrogens with zero attached hydrogens (tertiary/aromatic N) is 6. The number of benzene rings is 4. The van der Waals surface area contributed by atoms with Crippen molar-refractivity contribution in [3.63, 3.8) is 0 Å². The third-order valence-electron chi connectivity index (χ3n) is 5.76. The van der Waals surface area contributed by atoms with Crippen molar-refractivity contribution in [2.24, 2.45) is 0 Å². The van der Waals surface area contributed by atoms with Crippen molar-refractivity contribution >= 4 is 0 Å². The quantitative estimate of drug-likeness (QED) is 0.194. The second kappa shape index (κ2) is 11.8. The molecule has 6 aromatic rings. The predicted octanol–water partition coefficient (Wildman–Crippen LogP) is 5.69. The molecule has 2 heterocycles. The number of aromatic nitrogens is 6. The Morgan fingerprint density at radius 1 is 0.553 bits per heavy atom. The fourth-order valence-corrected chi connectivity index (χ4v) is 3.97. The van der Waals surface area contributed by atoms with Gasteiger partial charge in [-0.15, -0.1) is 47.5 Å². The first kappa shape index (κ1) is 25.3. The predicted molar refractivity (Wildman–Crippen MR) is 140 cm³/mol. The van der Waals surface area contributed by atoms with Crippen molar-refractivity contribution < 1.29 is 25.8 Å². The first-order chi connectivity index (χ1) is 18.3. The summed E-state index contributed by atoms with van der Waals surface area (Å²) in [5.41, 5.74) is 5.39. The van der Waals surface area contributed by atoms with Crippen molar-refractivity contribution in [3.05, 3.63) is 133 Å². The van der Waals surface area contributed by atoms with E-state index in [1.807, 2.05) is 94.6 Å². The van der Waals surface area contributed by atoms with E-state index in [-0.39, 0.29) is 21.1 Å². The molecule has 0 N–H and O–H groups in total. The van der Waals surface area contributed by atoms with Crippen LogP contribution in [-0.2, 0) is 34.2 Å². The molecule has 0 unspecified atom stereocenters. The van der Waals surface area contributed by atoms with Gasteiger partial charge in [-0.1, -0.05) is 83.2 Å². The summed E-state index contributed by atoms with van der Waals surface area (Å²) in [7, 11) is 0. The zero-order chi connectivity index (χ0) is 24.9. The summed E-state index contributed by atoms with van der Waals surface area (Å²) in [4.78, 5) is 0. The van der Waals surface area contributed by atoms with Crippen LogP contribution in [0.2, 0.25) is 0 Å². The van der Waals surface area contributed by atoms with Gasteiger partial charge in [-0.3, -0.25) is 9.36 Å². The maximum atomic E-state index is 6.09. The van der Waals surface area contributed by atoms with E-state index >= 15 is 0 Å². The van der Waals surface area contributed by atoms with Crippen molar-refractivity contribution in [2.75, 3.05) is 0 Å². The van der Waals surface area contributed by atoms with Crippen molar-refractivity contribution in [2.45, 2.75) is 13.1 Å². The van der Waals surface area contributed by atoms with Crippen LogP contribution in [0.3, 0.4) is 0 Å². The van der Waals surface area contributed by atoms with Crippen LogP contribution >= 0.6 is 0 Å². The average molecular weight is 678 g/mol. The molecular weight excluding hydrogens is 655 g/mol. The van der Waals surface area contributed by atoms with E-state index < -0.39 is 0 Å². The molecule has 38 heavy (non-hydrogen) atoms. The van der Waals surface area contributed by atoms with E-state index in [4.69, 9.17) is 4.74 Å². The molecular formula is C30H22N6OPt. The van der Waals surface area contributed by atoms with Crippen molar-refractivity contribution in [1.29, 1.82) is 0 Å². The first-order valence-corrected chi connectivity index (χ1v) is 11.9. The van der Waals surface area contributed by atoms with Crippen molar-refractivity contribution in [1.82, 2.24) is 30.0 Å². The minimum atomic E-state index is 0. The molecule has 0 aliphatic rings. The topological polar surface area (TPSA) is 70.7 Å². The van der Waals surface area contributed by atoms with Crippen LogP contribution in [-0.4, -0.2) is 30.0 Å². The van der Waals surface area contributed by atoms with Gasteiger partial charge in [0.15, 0.2) is 0 Å². The molecule has 0 aliphatic heterocycles. The molecule has 6 rings (SSSR count). The largest absolute Gasteiger partial charge is 2.00 e. The Morgan fingerprint density at radius 2 is 1.00 bits per heavy atom. The standard InChI is InChI=1S/C30H22N6O.Pt/c1-3-9-23(10-4-1)19-35-21-29(31-33-35)25-13-7-15-27(17-25)37-28-16-8-14-26(18-28)30-22-36(34-32-30)20-24-11-5-2-6-12-24;/h1-16,21-22H,19-20H2;/q-2;+2. The fourth-order valence-electron chi connectivity index (χ4n) is 3.97. The second-order valence-corrected chi connectivity index (χ2v) is 8.53. The molecule has 0 amide bonds. The van der Waals surface area contributed by atoms with E-state index in [0.717, 1.165) is 33.6 Å². The van der Waals surface area contributed by atoms with Crippen LogP contribution in [0.4, 0.5) is 0 Å². The Labute approximate surface area is 235 Å². The van der Waals surface area contributed by atoms with Crippen molar-refractivity contribution in [3.8, 4) is 34.0 Å². The monoisotopic (exact) mass is 677 g/mol. The zero-order valence-corrected chi connectivity index (χ0v) is 22.5. The molecule has 188 valence electrons. The Hall–Kier alpha value is -4.35. The summed E-state index contributed by atoms with van der Waals surface area (Å²) in [6, 6.07) is 38.3. The molecule has 0 bridgehead atoms. The second-order valence-electron chi connectivity index (χ2n) is 8.53. The molecule has 2 aromatic heterocycles. The fraction of sp³-hybridized carbons (Fsp3) is 0.0667. The summed E-state index contributed by atoms with van der Waals surface area (Å²) < 4.78 is 9.71. The van der Waals surface area contributed by atoms with Gasteiger partial charge in [-0.25, -0.2) is 0 Å². The van der Waals surface area contributed by atoms with E-state index in [0.29, 0.717) is 24.6 Å². The van der Waals surface area contributed by atoms with Gasteiger partial charge in [0.05, 0.1) is 13.1 Å². The van der Waals surface area contributed by atoms with Gasteiger partial charge >= 0.3 is 21.1 Å². The summed E-state index contributed by atoms with van der Waals surface area (Å²) in [6.07, 6.45) is 3.82. The molecule has 7 nitrogen and oxygen atoms in total. The van der Waals surface area contributed by atoms with E-state index in [1.54, 1.807) is 0 Å². The van der Waals surface area contributed by atoms with E-state index in [1.165, 1.54) is 0 Å². The summed E-state index contributed by atoms with van der Waals surface area (Å²) in [5, 5.41) is 17.2. The zero-order valence-electron chi connectivity index (χ0n) is 20.2. The van der Waals surface area contributed by atoms with Gasteiger partial charge < -0.3 is 4.74 Å². The van der Waals surface area contributed by atoms with E-state index in [9.17, 15) is 0 Å². The van der Waals surface area contributed by atoms with Gasteiger partial charge in [0, 0.05) is 35.3 Å². The molecule has 0 fully saturated rings. The molecule has 8 heteroatoms. The van der Waals surface area contributed by atoms with Gasteiger partial charge in [-0.05, 0) is 11.1 Å². The molecule has 0 spiro atoms. The van der Waals surface area contributed by atoms with Gasteiger partial charge in [-0.2, -0.15) is 10.2 Å². The minimum Gasteiger partial charge on any atom is -0.497 e. The van der Waals surface area contributed by atoms with E-state index in [2.05, 4.69) is 57.0 Å². The Kier molecular flexibility index (Phi) is 7.86. The van der Waals surface area contributed by atoms with Gasteiger partial charge in [0.25, 0.3) is 0 Å². The number of hydrogen-bond acceptors (Lipinski definition) is 5. The molecule has 4 aromatic carbocycles. The molecule has 0 saturated heterocycles. The van der Waals surface area contributed by atoms with Crippen LogP contribution in [0, 0.1) is 12.1 Å². The van der Waals surface area contributed by atoms with Gasteiger partial charge in [0.2, 0.25) is 0 Å². The number of rotatable bonds is 8. The van der Waals surface area contributed by atoms with Crippen LogP contribution in [0.1, 0.15) is 11.1 Å². The summed E-state index contributed by atoms with van der Waals surface area (Å²) in [6.45, 7) is 1.31. The maximum absolute atomic E-state index is 6.09. The normalized spacial score (nSPS) is 10.6. The third kappa shape index (κ3) is 6.13. The average Bonchev–Trinajstić information content (AvgIpc) is 3.60. The Balaban J connectivity index is 0.00000294. The minimum absolute atomic E-state index is 0. The maximum Gasteiger partial charge on any atom is 2.00 e. The van der Waals surface area contributed by atoms with Crippen LogP contribution < -0.4 is 4.74 Å². The third-order valence-corrected chi connectivity index (χ3v) is 5.76. The number of ether oxygens (including phenoxy) is 1. The Morgan fingerprint density at radius 3 is 1.45 bits per heavy atom. The molecule has 0 aliphatic carbocycles. The molecule has 0 radical (unpaired) electrons. The van der Waals surface area contributed by atoms with Gasteiger partial charge in [0.1, 0.15) is 0 Å². The first-order valence-electron chi connectivity index (χ1n) is 11.9.